The maximum Gasteiger partial charge on any atom is 0.315 e. The van der Waals surface area contributed by atoms with E-state index >= 15 is 0 Å². The molecule has 3 N–H and O–H groups in total. The van der Waals surface area contributed by atoms with Crippen molar-refractivity contribution in [2.45, 2.75) is 32.4 Å². The topological polar surface area (TPSA) is 61.4 Å². The zero-order chi connectivity index (χ0) is 15.3. The van der Waals surface area contributed by atoms with E-state index in [0.29, 0.717) is 6.54 Å². The van der Waals surface area contributed by atoms with Gasteiger partial charge >= 0.3 is 6.03 Å². The molecule has 0 saturated carbocycles. The van der Waals surface area contributed by atoms with Crippen molar-refractivity contribution in [3.8, 4) is 0 Å². The number of carbonyl (C=O) groups excluding carboxylic acids is 1. The summed E-state index contributed by atoms with van der Waals surface area (Å²) in [6.45, 7) is 4.50. The Bertz CT molecular complexity index is 576. The van der Waals surface area contributed by atoms with Crippen molar-refractivity contribution in [1.82, 2.24) is 10.6 Å². The first kappa shape index (κ1) is 16.0. The molecular formula is C15H20N2O2S2. The van der Waals surface area contributed by atoms with Crippen molar-refractivity contribution in [3.05, 3.63) is 44.3 Å². The van der Waals surface area contributed by atoms with E-state index in [1.807, 2.05) is 22.9 Å². The number of hydrogen-bond donors (Lipinski definition) is 3. The van der Waals surface area contributed by atoms with Crippen LogP contribution in [0.5, 0.6) is 0 Å². The van der Waals surface area contributed by atoms with Crippen molar-refractivity contribution >= 4 is 28.7 Å². The molecule has 0 spiro atoms. The number of nitrogens with one attached hydrogen (secondary N) is 2. The third-order valence-electron chi connectivity index (χ3n) is 3.23. The van der Waals surface area contributed by atoms with Crippen LogP contribution in [0.4, 0.5) is 4.79 Å². The van der Waals surface area contributed by atoms with Crippen LogP contribution in [0.2, 0.25) is 0 Å². The smallest absolute Gasteiger partial charge is 0.315 e. The fraction of sp³-hybridized carbons (Fsp3) is 0.400. The van der Waals surface area contributed by atoms with Crippen LogP contribution in [0, 0.1) is 0 Å². The molecule has 21 heavy (non-hydrogen) atoms. The highest BCUT2D eigenvalue weighted by Crippen LogP contribution is 2.22. The summed E-state index contributed by atoms with van der Waals surface area (Å²) < 4.78 is 0. The lowest BCUT2D eigenvalue weighted by Crippen LogP contribution is -2.43. The van der Waals surface area contributed by atoms with Gasteiger partial charge in [0.05, 0.1) is 13.1 Å². The Morgan fingerprint density at radius 1 is 1.29 bits per heavy atom. The average molecular weight is 324 g/mol. The zero-order valence-corrected chi connectivity index (χ0v) is 13.8. The first-order valence-corrected chi connectivity index (χ1v) is 8.61. The standard InChI is InChI=1S/C15H20N2O2S2/c1-3-12-4-5-13(21-12)8-16-14(18)17-10-15(2,19)11-6-7-20-9-11/h4-7,9,19H,3,8,10H2,1-2H3,(H2,16,17,18). The number of aliphatic hydroxyl groups is 1. The number of amides is 2. The van der Waals surface area contributed by atoms with Gasteiger partial charge in [0.15, 0.2) is 0 Å². The zero-order valence-electron chi connectivity index (χ0n) is 12.2. The minimum atomic E-state index is -1.05. The molecule has 2 aromatic heterocycles. The quantitative estimate of drug-likeness (QED) is 0.765. The summed E-state index contributed by atoms with van der Waals surface area (Å²) in [5, 5.41) is 19.6. The van der Waals surface area contributed by atoms with Gasteiger partial charge in [0, 0.05) is 9.75 Å². The van der Waals surface area contributed by atoms with E-state index in [9.17, 15) is 9.90 Å². The molecule has 0 radical (unpaired) electrons. The summed E-state index contributed by atoms with van der Waals surface area (Å²) in [5.41, 5.74) is -0.228. The van der Waals surface area contributed by atoms with E-state index in [0.717, 1.165) is 16.9 Å². The maximum absolute atomic E-state index is 11.8. The molecule has 0 saturated heterocycles. The van der Waals surface area contributed by atoms with Crippen molar-refractivity contribution in [3.63, 3.8) is 0 Å². The van der Waals surface area contributed by atoms with Crippen LogP contribution in [0.3, 0.4) is 0 Å². The van der Waals surface area contributed by atoms with Crippen molar-refractivity contribution in [2.75, 3.05) is 6.54 Å². The Kier molecular flexibility index (Phi) is 5.39. The largest absolute Gasteiger partial charge is 0.384 e. The predicted molar refractivity (Wildman–Crippen MR) is 87.8 cm³/mol. The maximum atomic E-state index is 11.8. The minimum Gasteiger partial charge on any atom is -0.384 e. The average Bonchev–Trinajstić information content (AvgIpc) is 3.13. The molecule has 0 bridgehead atoms. The van der Waals surface area contributed by atoms with Gasteiger partial charge in [0.25, 0.3) is 0 Å². The third kappa shape index (κ3) is 4.56. The normalized spacial score (nSPS) is 13.7. The Morgan fingerprint density at radius 3 is 2.67 bits per heavy atom. The highest BCUT2D eigenvalue weighted by molar-refractivity contribution is 7.12. The summed E-state index contributed by atoms with van der Waals surface area (Å²) in [6.07, 6.45) is 1.01. The number of rotatable bonds is 6. The third-order valence-corrected chi connectivity index (χ3v) is 5.14. The molecule has 2 aromatic rings. The second kappa shape index (κ2) is 7.06. The summed E-state index contributed by atoms with van der Waals surface area (Å²) in [6, 6.07) is 5.71. The highest BCUT2D eigenvalue weighted by atomic mass is 32.1. The first-order chi connectivity index (χ1) is 10.0. The summed E-state index contributed by atoms with van der Waals surface area (Å²) in [4.78, 5) is 14.2. The van der Waals surface area contributed by atoms with Gasteiger partial charge in [0.2, 0.25) is 0 Å². The van der Waals surface area contributed by atoms with E-state index in [-0.39, 0.29) is 12.6 Å². The van der Waals surface area contributed by atoms with Crippen molar-refractivity contribution < 1.29 is 9.90 Å². The second-order valence-electron chi connectivity index (χ2n) is 5.04. The Hall–Kier alpha value is -1.37. The van der Waals surface area contributed by atoms with Crippen LogP contribution in [-0.2, 0) is 18.6 Å². The lowest BCUT2D eigenvalue weighted by Gasteiger charge is -2.22. The number of thiophene rings is 2. The van der Waals surface area contributed by atoms with Gasteiger partial charge in [0.1, 0.15) is 5.60 Å². The Morgan fingerprint density at radius 2 is 2.05 bits per heavy atom. The molecule has 0 aliphatic rings. The van der Waals surface area contributed by atoms with Gasteiger partial charge in [-0.25, -0.2) is 4.79 Å². The lowest BCUT2D eigenvalue weighted by molar-refractivity contribution is 0.0598. The molecule has 1 unspecified atom stereocenters. The Balaban J connectivity index is 1.77. The van der Waals surface area contributed by atoms with Crippen molar-refractivity contribution in [2.24, 2.45) is 0 Å². The minimum absolute atomic E-state index is 0.181. The summed E-state index contributed by atoms with van der Waals surface area (Å²) in [7, 11) is 0. The molecule has 114 valence electrons. The molecule has 4 nitrogen and oxygen atoms in total. The number of carbonyl (C=O) groups is 1. The molecule has 2 rings (SSSR count). The number of hydrogen-bond acceptors (Lipinski definition) is 4. The van der Waals surface area contributed by atoms with Crippen LogP contribution in [0.15, 0.2) is 29.0 Å². The molecular weight excluding hydrogens is 304 g/mol. The van der Waals surface area contributed by atoms with Crippen LogP contribution in [0.1, 0.15) is 29.2 Å². The molecule has 0 aliphatic heterocycles. The van der Waals surface area contributed by atoms with E-state index in [1.165, 1.54) is 16.2 Å². The van der Waals surface area contributed by atoms with Gasteiger partial charge in [-0.3, -0.25) is 0 Å². The molecule has 2 heterocycles. The fourth-order valence-corrected chi connectivity index (χ4v) is 3.54. The van der Waals surface area contributed by atoms with E-state index in [4.69, 9.17) is 0 Å². The molecule has 1 atom stereocenters. The lowest BCUT2D eigenvalue weighted by atomic mass is 9.99. The Labute approximate surface area is 132 Å². The molecule has 0 aliphatic carbocycles. The number of urea groups is 1. The summed E-state index contributed by atoms with van der Waals surface area (Å²) >= 11 is 3.23. The molecule has 6 heteroatoms. The van der Waals surface area contributed by atoms with Crippen LogP contribution in [0.25, 0.3) is 0 Å². The monoisotopic (exact) mass is 324 g/mol. The predicted octanol–water partition coefficient (Wildman–Crippen LogP) is 3.08. The van der Waals surface area contributed by atoms with Crippen LogP contribution >= 0.6 is 22.7 Å². The van der Waals surface area contributed by atoms with Crippen LogP contribution in [-0.4, -0.2) is 17.7 Å². The van der Waals surface area contributed by atoms with Gasteiger partial charge in [-0.05, 0) is 47.9 Å². The van der Waals surface area contributed by atoms with Crippen molar-refractivity contribution in [1.29, 1.82) is 0 Å². The van der Waals surface area contributed by atoms with E-state index in [1.54, 1.807) is 18.3 Å². The highest BCUT2D eigenvalue weighted by Gasteiger charge is 2.24. The van der Waals surface area contributed by atoms with Gasteiger partial charge in [-0.2, -0.15) is 11.3 Å². The molecule has 0 fully saturated rings. The van der Waals surface area contributed by atoms with E-state index in [2.05, 4.69) is 23.6 Å². The SMILES string of the molecule is CCc1ccc(CNC(=O)NCC(C)(O)c2ccsc2)s1. The van der Waals surface area contributed by atoms with Gasteiger partial charge < -0.3 is 15.7 Å². The fourth-order valence-electron chi connectivity index (χ4n) is 1.86. The summed E-state index contributed by atoms with van der Waals surface area (Å²) in [5.74, 6) is 0. The molecule has 2 amide bonds. The van der Waals surface area contributed by atoms with Gasteiger partial charge in [-0.1, -0.05) is 6.92 Å². The number of aryl methyl sites for hydroxylation is 1. The first-order valence-electron chi connectivity index (χ1n) is 6.85. The molecule has 0 aromatic carbocycles. The second-order valence-corrected chi connectivity index (χ2v) is 7.08. The van der Waals surface area contributed by atoms with E-state index < -0.39 is 5.60 Å². The van der Waals surface area contributed by atoms with Gasteiger partial charge in [-0.15, -0.1) is 11.3 Å². The van der Waals surface area contributed by atoms with Crippen LogP contribution < -0.4 is 10.6 Å².